The lowest BCUT2D eigenvalue weighted by Crippen LogP contribution is -2.15. The van der Waals surface area contributed by atoms with E-state index in [1.54, 1.807) is 0 Å². The molecule has 0 aliphatic heterocycles. The molecule has 316 valence electrons. The Hall–Kier alpha value is -2.24. The number of benzene rings is 2. The molecule has 0 aromatic heterocycles. The molecule has 0 spiro atoms. The Morgan fingerprint density at radius 3 is 0.855 bits per heavy atom. The quantitative estimate of drug-likeness (QED) is 0.0613. The maximum absolute atomic E-state index is 6.00. The molecule has 0 bridgehead atoms. The van der Waals surface area contributed by atoms with E-state index in [0.717, 1.165) is 24.3 Å². The number of para-hydroxylation sites is 2. The van der Waals surface area contributed by atoms with Gasteiger partial charge in [0, 0.05) is 0 Å². The van der Waals surface area contributed by atoms with Crippen LogP contribution in [0.25, 0.3) is 0 Å². The fraction of sp³-hybridized carbons (Fsp3) is 0.739. The van der Waals surface area contributed by atoms with Crippen molar-refractivity contribution >= 4 is 0 Å². The van der Waals surface area contributed by atoms with Crippen molar-refractivity contribution in [1.29, 1.82) is 0 Å². The third kappa shape index (κ3) is 29.6. The van der Waals surface area contributed by atoms with Crippen LogP contribution in [0.3, 0.4) is 0 Å². The topological polar surface area (TPSA) is 83.1 Å². The molecule has 2 aromatic carbocycles. The molecule has 0 fully saturated rings. The molecule has 2 rings (SSSR count). The predicted molar refractivity (Wildman–Crippen MR) is 223 cm³/mol. The highest BCUT2D eigenvalue weighted by atomic mass is 16.6. The van der Waals surface area contributed by atoms with E-state index < -0.39 is 0 Å². The van der Waals surface area contributed by atoms with Gasteiger partial charge in [-0.3, -0.25) is 0 Å². The van der Waals surface area contributed by atoms with E-state index in [4.69, 9.17) is 42.6 Å². The molecule has 0 N–H and O–H groups in total. The van der Waals surface area contributed by atoms with E-state index in [1.807, 2.05) is 12.1 Å². The zero-order valence-electron chi connectivity index (χ0n) is 34.9. The molecule has 0 aliphatic carbocycles. The molecule has 0 aliphatic rings. The third-order valence-electron chi connectivity index (χ3n) is 9.25. The summed E-state index contributed by atoms with van der Waals surface area (Å²) in [6, 6.07) is 16.7. The van der Waals surface area contributed by atoms with Crippen molar-refractivity contribution in [3.05, 3.63) is 59.7 Å². The minimum absolute atomic E-state index is 0.525. The first-order valence-corrected chi connectivity index (χ1v) is 21.8. The van der Waals surface area contributed by atoms with Gasteiger partial charge in [0.2, 0.25) is 0 Å². The van der Waals surface area contributed by atoms with Gasteiger partial charge in [-0.15, -0.1) is 0 Å². The zero-order chi connectivity index (χ0) is 39.0. The third-order valence-corrected chi connectivity index (χ3v) is 9.25. The van der Waals surface area contributed by atoms with Crippen LogP contribution in [0.1, 0.15) is 115 Å². The highest BCUT2D eigenvalue weighted by molar-refractivity contribution is 5.34. The maximum Gasteiger partial charge on any atom is 0.122 e. The molecule has 0 saturated heterocycles. The average Bonchev–Trinajstić information content (AvgIpc) is 3.21. The highest BCUT2D eigenvalue weighted by Crippen LogP contribution is 2.22. The van der Waals surface area contributed by atoms with Crippen LogP contribution in [-0.2, 0) is 46.0 Å². The standard InChI is InChI=1S/C46H78O9/c1-3-5-7-9-11-13-15-21-43-23-17-19-25-45(43)54-41-39-52-37-35-50-33-31-48-29-27-47-28-30-49-32-34-51-36-38-53-40-42-55-46-26-20-18-24-44(46)22-16-14-12-10-8-6-4-2/h17-20,23-26H,3-16,21-22,27-42H2,1-2H3. The molecule has 9 nitrogen and oxygen atoms in total. The van der Waals surface area contributed by atoms with Gasteiger partial charge in [0.05, 0.1) is 92.5 Å². The van der Waals surface area contributed by atoms with Crippen molar-refractivity contribution in [3.8, 4) is 11.5 Å². The first-order valence-electron chi connectivity index (χ1n) is 21.8. The Labute approximate surface area is 335 Å². The van der Waals surface area contributed by atoms with Crippen molar-refractivity contribution in [2.24, 2.45) is 0 Å². The Morgan fingerprint density at radius 1 is 0.291 bits per heavy atom. The second-order valence-electron chi connectivity index (χ2n) is 13.9. The van der Waals surface area contributed by atoms with Crippen molar-refractivity contribution in [2.45, 2.75) is 117 Å². The Balaban J connectivity index is 1.27. The molecule has 0 unspecified atom stereocenters. The SMILES string of the molecule is CCCCCCCCCc1ccccc1OCCOCCOCCOCCOCCOCCOCCOCCOc1ccccc1CCCCCCCCC. The molecule has 0 atom stereocenters. The lowest BCUT2D eigenvalue weighted by Gasteiger charge is -2.12. The predicted octanol–water partition coefficient (Wildman–Crippen LogP) is 9.85. The normalized spacial score (nSPS) is 11.4. The van der Waals surface area contributed by atoms with Gasteiger partial charge >= 0.3 is 0 Å². The van der Waals surface area contributed by atoms with Crippen LogP contribution >= 0.6 is 0 Å². The fourth-order valence-electron chi connectivity index (χ4n) is 6.09. The van der Waals surface area contributed by atoms with E-state index in [2.05, 4.69) is 50.2 Å². The molecule has 0 saturated carbocycles. The molecule has 0 radical (unpaired) electrons. The van der Waals surface area contributed by atoms with Gasteiger partial charge in [-0.25, -0.2) is 0 Å². The number of rotatable bonds is 42. The monoisotopic (exact) mass is 775 g/mol. The van der Waals surface area contributed by atoms with Crippen LogP contribution in [0.2, 0.25) is 0 Å². The van der Waals surface area contributed by atoms with Gasteiger partial charge < -0.3 is 42.6 Å². The van der Waals surface area contributed by atoms with Crippen LogP contribution < -0.4 is 9.47 Å². The van der Waals surface area contributed by atoms with Gasteiger partial charge in [-0.2, -0.15) is 0 Å². The van der Waals surface area contributed by atoms with Crippen LogP contribution in [0.5, 0.6) is 11.5 Å². The summed E-state index contributed by atoms with van der Waals surface area (Å²) < 4.78 is 51.2. The molecule has 0 heterocycles. The van der Waals surface area contributed by atoms with E-state index in [9.17, 15) is 0 Å². The van der Waals surface area contributed by atoms with E-state index in [-0.39, 0.29) is 0 Å². The molecular formula is C46H78O9. The molecule has 55 heavy (non-hydrogen) atoms. The Morgan fingerprint density at radius 2 is 0.545 bits per heavy atom. The summed E-state index contributed by atoms with van der Waals surface area (Å²) >= 11 is 0. The summed E-state index contributed by atoms with van der Waals surface area (Å²) in [7, 11) is 0. The van der Waals surface area contributed by atoms with Gasteiger partial charge in [-0.1, -0.05) is 127 Å². The lowest BCUT2D eigenvalue weighted by molar-refractivity contribution is -0.0219. The maximum atomic E-state index is 6.00. The number of unbranched alkanes of at least 4 members (excludes halogenated alkanes) is 12. The van der Waals surface area contributed by atoms with Crippen molar-refractivity contribution in [2.75, 3.05) is 106 Å². The van der Waals surface area contributed by atoms with Gasteiger partial charge in [-0.05, 0) is 48.9 Å². The largest absolute Gasteiger partial charge is 0.491 e. The Kier molecular flexibility index (Phi) is 34.3. The van der Waals surface area contributed by atoms with Gasteiger partial charge in [0.15, 0.2) is 0 Å². The first kappa shape index (κ1) is 48.9. The van der Waals surface area contributed by atoms with Crippen LogP contribution in [0.4, 0.5) is 0 Å². The van der Waals surface area contributed by atoms with E-state index in [1.165, 1.54) is 101 Å². The molecular weight excluding hydrogens is 696 g/mol. The zero-order valence-corrected chi connectivity index (χ0v) is 34.9. The van der Waals surface area contributed by atoms with Crippen LogP contribution in [0.15, 0.2) is 48.5 Å². The second kappa shape index (κ2) is 38.6. The minimum Gasteiger partial charge on any atom is -0.491 e. The first-order chi connectivity index (χ1) is 27.3. The van der Waals surface area contributed by atoms with Gasteiger partial charge in [0.25, 0.3) is 0 Å². The lowest BCUT2D eigenvalue weighted by atomic mass is 10.0. The highest BCUT2D eigenvalue weighted by Gasteiger charge is 2.05. The fourth-order valence-corrected chi connectivity index (χ4v) is 6.09. The minimum atomic E-state index is 0.525. The Bertz CT molecular complexity index is 1000. The second-order valence-corrected chi connectivity index (χ2v) is 13.9. The van der Waals surface area contributed by atoms with Crippen molar-refractivity contribution in [3.63, 3.8) is 0 Å². The molecule has 9 heteroatoms. The molecule has 0 amide bonds. The molecule has 2 aromatic rings. The summed E-state index contributed by atoms with van der Waals surface area (Å²) in [6.07, 6.45) is 20.6. The van der Waals surface area contributed by atoms with Crippen LogP contribution in [0, 0.1) is 0 Å². The van der Waals surface area contributed by atoms with Crippen LogP contribution in [-0.4, -0.2) is 106 Å². The number of ether oxygens (including phenoxy) is 9. The number of hydrogen-bond acceptors (Lipinski definition) is 9. The van der Waals surface area contributed by atoms with E-state index >= 15 is 0 Å². The number of hydrogen-bond donors (Lipinski definition) is 0. The van der Waals surface area contributed by atoms with Crippen molar-refractivity contribution < 1.29 is 42.6 Å². The summed E-state index contributed by atoms with van der Waals surface area (Å²) in [5.41, 5.74) is 2.58. The summed E-state index contributed by atoms with van der Waals surface area (Å²) in [5, 5.41) is 0. The van der Waals surface area contributed by atoms with Crippen molar-refractivity contribution in [1.82, 2.24) is 0 Å². The summed E-state index contributed by atoms with van der Waals surface area (Å²) in [6.45, 7) is 13.0. The summed E-state index contributed by atoms with van der Waals surface area (Å²) in [4.78, 5) is 0. The smallest absolute Gasteiger partial charge is 0.122 e. The van der Waals surface area contributed by atoms with Gasteiger partial charge in [0.1, 0.15) is 24.7 Å². The average molecular weight is 775 g/mol. The summed E-state index contributed by atoms with van der Waals surface area (Å²) in [5.74, 6) is 1.96. The van der Waals surface area contributed by atoms with E-state index in [0.29, 0.717) is 106 Å². The number of aryl methyl sites for hydroxylation is 2.